The van der Waals surface area contributed by atoms with E-state index in [1.807, 2.05) is 24.3 Å². The van der Waals surface area contributed by atoms with Crippen LogP contribution in [0.5, 0.6) is 5.75 Å². The molecule has 0 fully saturated rings. The van der Waals surface area contributed by atoms with Crippen LogP contribution in [0.1, 0.15) is 22.8 Å². The molecular formula is C17H20O2S. The molecule has 0 heterocycles. The molecule has 2 nitrogen and oxygen atoms in total. The van der Waals surface area contributed by atoms with Crippen molar-refractivity contribution in [2.24, 2.45) is 0 Å². The van der Waals surface area contributed by atoms with Crippen molar-refractivity contribution >= 4 is 11.8 Å². The third kappa shape index (κ3) is 3.78. The van der Waals surface area contributed by atoms with Gasteiger partial charge in [0, 0.05) is 10.6 Å². The highest BCUT2D eigenvalue weighted by atomic mass is 32.2. The normalized spacial score (nSPS) is 12.2. The van der Waals surface area contributed by atoms with E-state index in [0.29, 0.717) is 5.75 Å². The van der Waals surface area contributed by atoms with Gasteiger partial charge in [0.25, 0.3) is 0 Å². The molecule has 0 aliphatic heterocycles. The SMILES string of the molecule is COc1cccc(C(O)CSc2cc(C)ccc2C)c1. The number of hydrogen-bond acceptors (Lipinski definition) is 3. The standard InChI is InChI=1S/C17H20O2S/c1-12-7-8-13(2)17(9-12)20-11-16(18)14-5-4-6-15(10-14)19-3/h4-10,16,18H,11H2,1-3H3. The maximum absolute atomic E-state index is 10.3. The molecule has 3 heteroatoms. The molecule has 2 rings (SSSR count). The van der Waals surface area contributed by atoms with Crippen molar-refractivity contribution in [3.05, 3.63) is 59.2 Å². The number of rotatable bonds is 5. The Bertz CT molecular complexity index is 581. The largest absolute Gasteiger partial charge is 0.497 e. The van der Waals surface area contributed by atoms with Crippen LogP contribution in [-0.4, -0.2) is 18.0 Å². The Morgan fingerprint density at radius 2 is 1.95 bits per heavy atom. The number of aryl methyl sites for hydroxylation is 2. The Hall–Kier alpha value is -1.45. The van der Waals surface area contributed by atoms with Gasteiger partial charge in [0.15, 0.2) is 0 Å². The molecule has 1 atom stereocenters. The molecule has 0 spiro atoms. The summed E-state index contributed by atoms with van der Waals surface area (Å²) in [6.45, 7) is 4.18. The van der Waals surface area contributed by atoms with E-state index in [9.17, 15) is 5.11 Å². The molecule has 0 radical (unpaired) electrons. The van der Waals surface area contributed by atoms with Crippen LogP contribution >= 0.6 is 11.8 Å². The number of aliphatic hydroxyl groups excluding tert-OH is 1. The third-order valence-corrected chi connectivity index (χ3v) is 4.45. The van der Waals surface area contributed by atoms with Gasteiger partial charge in [-0.25, -0.2) is 0 Å². The first-order valence-electron chi connectivity index (χ1n) is 6.62. The molecule has 0 aliphatic carbocycles. The van der Waals surface area contributed by atoms with Crippen LogP contribution in [0.2, 0.25) is 0 Å². The van der Waals surface area contributed by atoms with Crippen LogP contribution in [0.3, 0.4) is 0 Å². The highest BCUT2D eigenvalue weighted by Crippen LogP contribution is 2.29. The fourth-order valence-corrected chi connectivity index (χ4v) is 3.07. The fraction of sp³-hybridized carbons (Fsp3) is 0.294. The molecule has 1 unspecified atom stereocenters. The predicted molar refractivity (Wildman–Crippen MR) is 84.6 cm³/mol. The summed E-state index contributed by atoms with van der Waals surface area (Å²) in [6.07, 6.45) is -0.491. The summed E-state index contributed by atoms with van der Waals surface area (Å²) < 4.78 is 5.18. The van der Waals surface area contributed by atoms with Crippen LogP contribution in [0.25, 0.3) is 0 Å². The number of methoxy groups -OCH3 is 1. The predicted octanol–water partition coefficient (Wildman–Crippen LogP) is 4.14. The van der Waals surface area contributed by atoms with Crippen molar-refractivity contribution in [1.29, 1.82) is 0 Å². The smallest absolute Gasteiger partial charge is 0.119 e. The Labute approximate surface area is 124 Å². The van der Waals surface area contributed by atoms with Gasteiger partial charge in [0.05, 0.1) is 13.2 Å². The van der Waals surface area contributed by atoms with E-state index in [0.717, 1.165) is 11.3 Å². The van der Waals surface area contributed by atoms with Gasteiger partial charge < -0.3 is 9.84 Å². The van der Waals surface area contributed by atoms with Crippen molar-refractivity contribution in [3.63, 3.8) is 0 Å². The number of ether oxygens (including phenoxy) is 1. The monoisotopic (exact) mass is 288 g/mol. The average Bonchev–Trinajstić information content (AvgIpc) is 2.48. The summed E-state index contributed by atoms with van der Waals surface area (Å²) >= 11 is 1.69. The Morgan fingerprint density at radius 3 is 2.70 bits per heavy atom. The molecule has 0 amide bonds. The molecule has 0 aromatic heterocycles. The van der Waals surface area contributed by atoms with Crippen LogP contribution in [-0.2, 0) is 0 Å². The zero-order chi connectivity index (χ0) is 14.5. The van der Waals surface area contributed by atoms with E-state index in [2.05, 4.69) is 32.0 Å². The molecule has 0 saturated heterocycles. The van der Waals surface area contributed by atoms with Gasteiger partial charge in [0.1, 0.15) is 5.75 Å². The Balaban J connectivity index is 2.04. The van der Waals surface area contributed by atoms with Gasteiger partial charge in [-0.05, 0) is 43.2 Å². The van der Waals surface area contributed by atoms with Crippen LogP contribution in [0.15, 0.2) is 47.4 Å². The van der Waals surface area contributed by atoms with Crippen LogP contribution < -0.4 is 4.74 Å². The molecule has 0 saturated carbocycles. The van der Waals surface area contributed by atoms with E-state index in [4.69, 9.17) is 4.74 Å². The number of thioether (sulfide) groups is 1. The van der Waals surface area contributed by atoms with Gasteiger partial charge in [-0.1, -0.05) is 29.8 Å². The summed E-state index contributed by atoms with van der Waals surface area (Å²) in [5, 5.41) is 10.3. The number of hydrogen-bond donors (Lipinski definition) is 1. The minimum Gasteiger partial charge on any atom is -0.497 e. The summed E-state index contributed by atoms with van der Waals surface area (Å²) in [7, 11) is 1.64. The van der Waals surface area contributed by atoms with Crippen molar-refractivity contribution in [3.8, 4) is 5.75 Å². The molecule has 2 aromatic rings. The van der Waals surface area contributed by atoms with Gasteiger partial charge in [0.2, 0.25) is 0 Å². The molecule has 20 heavy (non-hydrogen) atoms. The molecule has 0 bridgehead atoms. The van der Waals surface area contributed by atoms with Crippen LogP contribution in [0.4, 0.5) is 0 Å². The van der Waals surface area contributed by atoms with E-state index in [1.54, 1.807) is 18.9 Å². The van der Waals surface area contributed by atoms with Gasteiger partial charge in [-0.15, -0.1) is 11.8 Å². The lowest BCUT2D eigenvalue weighted by molar-refractivity contribution is 0.203. The zero-order valence-corrected chi connectivity index (χ0v) is 12.9. The topological polar surface area (TPSA) is 29.5 Å². The summed E-state index contributed by atoms with van der Waals surface area (Å²) in [5.41, 5.74) is 3.38. The summed E-state index contributed by atoms with van der Waals surface area (Å²) in [5.74, 6) is 1.41. The van der Waals surface area contributed by atoms with Gasteiger partial charge in [-0.3, -0.25) is 0 Å². The minimum absolute atomic E-state index is 0.491. The summed E-state index contributed by atoms with van der Waals surface area (Å²) in [4.78, 5) is 1.23. The third-order valence-electron chi connectivity index (χ3n) is 3.22. The minimum atomic E-state index is -0.491. The van der Waals surface area contributed by atoms with E-state index < -0.39 is 6.10 Å². The molecule has 2 aromatic carbocycles. The van der Waals surface area contributed by atoms with Gasteiger partial charge in [-0.2, -0.15) is 0 Å². The average molecular weight is 288 g/mol. The first-order valence-corrected chi connectivity index (χ1v) is 7.61. The highest BCUT2D eigenvalue weighted by molar-refractivity contribution is 7.99. The second-order valence-corrected chi connectivity index (χ2v) is 5.93. The maximum atomic E-state index is 10.3. The van der Waals surface area contributed by atoms with E-state index in [1.165, 1.54) is 16.0 Å². The first kappa shape index (κ1) is 14.9. The molecular weight excluding hydrogens is 268 g/mol. The maximum Gasteiger partial charge on any atom is 0.119 e. The second kappa shape index (κ2) is 6.82. The Kier molecular flexibility index (Phi) is 5.10. The lowest BCUT2D eigenvalue weighted by Crippen LogP contribution is -2.01. The zero-order valence-electron chi connectivity index (χ0n) is 12.1. The fourth-order valence-electron chi connectivity index (χ4n) is 1.98. The van der Waals surface area contributed by atoms with E-state index in [-0.39, 0.29) is 0 Å². The van der Waals surface area contributed by atoms with Crippen LogP contribution in [0, 0.1) is 13.8 Å². The van der Waals surface area contributed by atoms with Crippen molar-refractivity contribution in [2.75, 3.05) is 12.9 Å². The molecule has 106 valence electrons. The van der Waals surface area contributed by atoms with Crippen molar-refractivity contribution in [2.45, 2.75) is 24.8 Å². The quantitative estimate of drug-likeness (QED) is 0.839. The lowest BCUT2D eigenvalue weighted by Gasteiger charge is -2.13. The van der Waals surface area contributed by atoms with Crippen molar-refractivity contribution in [1.82, 2.24) is 0 Å². The summed E-state index contributed by atoms with van der Waals surface area (Å²) in [6, 6.07) is 14.0. The number of benzene rings is 2. The first-order chi connectivity index (χ1) is 9.60. The highest BCUT2D eigenvalue weighted by Gasteiger charge is 2.10. The Morgan fingerprint density at radius 1 is 1.15 bits per heavy atom. The second-order valence-electron chi connectivity index (χ2n) is 4.87. The lowest BCUT2D eigenvalue weighted by atomic mass is 10.1. The number of aliphatic hydroxyl groups is 1. The molecule has 1 N–H and O–H groups in total. The van der Waals surface area contributed by atoms with Crippen molar-refractivity contribution < 1.29 is 9.84 Å². The van der Waals surface area contributed by atoms with E-state index >= 15 is 0 Å². The van der Waals surface area contributed by atoms with Gasteiger partial charge >= 0.3 is 0 Å². The molecule has 0 aliphatic rings.